The summed E-state index contributed by atoms with van der Waals surface area (Å²) in [4.78, 5) is 13.3. The second-order valence-electron chi connectivity index (χ2n) is 12.0. The molecule has 0 aliphatic carbocycles. The molecule has 51 heavy (non-hydrogen) atoms. The van der Waals surface area contributed by atoms with Gasteiger partial charge in [-0.3, -0.25) is 4.79 Å². The first-order valence-electron chi connectivity index (χ1n) is 15.4. The zero-order chi connectivity index (χ0) is 36.3. The maximum Gasteiger partial charge on any atom is 0.229 e. The number of aromatic hydroxyl groups is 5. The summed E-state index contributed by atoms with van der Waals surface area (Å²) in [5, 5.41) is 93.2. The minimum Gasteiger partial charge on any atom is -0.508 e. The number of phenols is 5. The lowest BCUT2D eigenvalue weighted by atomic mass is 9.92. The molecule has 14 nitrogen and oxygen atoms in total. The normalized spacial score (nSPS) is 21.5. The van der Waals surface area contributed by atoms with Crippen LogP contribution in [0.1, 0.15) is 11.1 Å². The van der Waals surface area contributed by atoms with Gasteiger partial charge in [-0.05, 0) is 54.1 Å². The number of hydrogen-bond donors (Lipinski definition) is 9. The van der Waals surface area contributed by atoms with Crippen molar-refractivity contribution in [3.63, 3.8) is 0 Å². The molecule has 0 radical (unpaired) electrons. The van der Waals surface area contributed by atoms with Crippen molar-refractivity contribution in [2.45, 2.75) is 30.7 Å². The minimum atomic E-state index is -1.75. The van der Waals surface area contributed by atoms with E-state index < -0.39 is 54.2 Å². The second-order valence-corrected chi connectivity index (χ2v) is 12.0. The monoisotopic (exact) mass is 698 g/mol. The van der Waals surface area contributed by atoms with E-state index >= 15 is 0 Å². The van der Waals surface area contributed by atoms with E-state index in [9.17, 15) is 50.8 Å². The highest BCUT2D eigenvalue weighted by Gasteiger charge is 2.44. The number of fused-ring (bicyclic) bond motifs is 2. The molecule has 2 aliphatic heterocycles. The Kier molecular flexibility index (Phi) is 8.33. The number of aliphatic hydroxyl groups is 4. The molecule has 0 spiro atoms. The van der Waals surface area contributed by atoms with Gasteiger partial charge in [-0.25, -0.2) is 0 Å². The second kappa shape index (κ2) is 12.7. The fourth-order valence-corrected chi connectivity index (χ4v) is 6.08. The molecular formula is C37H30O14. The van der Waals surface area contributed by atoms with Gasteiger partial charge in [-0.1, -0.05) is 6.58 Å². The highest BCUT2D eigenvalue weighted by molar-refractivity contribution is 5.97. The molecule has 1 fully saturated rings. The summed E-state index contributed by atoms with van der Waals surface area (Å²) in [6.45, 7) is 3.33. The molecule has 9 N–H and O–H groups in total. The minimum absolute atomic E-state index is 0.0197. The summed E-state index contributed by atoms with van der Waals surface area (Å²) in [7, 11) is 0. The van der Waals surface area contributed by atoms with Gasteiger partial charge in [0, 0.05) is 41.0 Å². The fourth-order valence-electron chi connectivity index (χ4n) is 6.08. The van der Waals surface area contributed by atoms with Crippen molar-refractivity contribution >= 4 is 22.3 Å². The van der Waals surface area contributed by atoms with Gasteiger partial charge < -0.3 is 64.6 Å². The maximum atomic E-state index is 13.3. The summed E-state index contributed by atoms with van der Waals surface area (Å²) in [6.07, 6.45) is -6.36. The molecule has 0 saturated carbocycles. The number of hydrogen-bond acceptors (Lipinski definition) is 14. The van der Waals surface area contributed by atoms with Gasteiger partial charge in [0.05, 0.1) is 17.7 Å². The summed E-state index contributed by atoms with van der Waals surface area (Å²) < 4.78 is 23.2. The van der Waals surface area contributed by atoms with Crippen molar-refractivity contribution in [3.05, 3.63) is 101 Å². The first-order valence-corrected chi connectivity index (χ1v) is 15.4. The van der Waals surface area contributed by atoms with E-state index in [4.69, 9.17) is 18.6 Å². The smallest absolute Gasteiger partial charge is 0.229 e. The molecular weight excluding hydrogens is 668 g/mol. The van der Waals surface area contributed by atoms with E-state index in [1.807, 2.05) is 0 Å². The van der Waals surface area contributed by atoms with E-state index in [-0.39, 0.29) is 73.5 Å². The lowest BCUT2D eigenvalue weighted by Crippen LogP contribution is -2.60. The number of ether oxygens (including phenoxy) is 3. The summed E-state index contributed by atoms with van der Waals surface area (Å²) in [6, 6.07) is 14.7. The van der Waals surface area contributed by atoms with Crippen molar-refractivity contribution in [2.24, 2.45) is 0 Å². The van der Waals surface area contributed by atoms with Gasteiger partial charge in [0.25, 0.3) is 0 Å². The Morgan fingerprint density at radius 1 is 0.745 bits per heavy atom. The zero-order valence-electron chi connectivity index (χ0n) is 26.3. The SMILES string of the molecule is C=C1C=C(c2ccc(O)cc2)Oc2c1c(O)cc(O)c2-c1cc(-c2cc(=O)c3c(O)cc(O[C@@H]4O[C@H](CO)[C@@H](O)[C@H](O)[C@H]4O)cc3o2)ccc1O. The van der Waals surface area contributed by atoms with Gasteiger partial charge in [0.1, 0.15) is 81.4 Å². The maximum absolute atomic E-state index is 13.3. The highest BCUT2D eigenvalue weighted by atomic mass is 16.7. The molecule has 262 valence electrons. The third-order valence-corrected chi connectivity index (χ3v) is 8.66. The predicted octanol–water partition coefficient (Wildman–Crippen LogP) is 3.28. The molecule has 7 rings (SSSR count). The van der Waals surface area contributed by atoms with Crippen LogP contribution in [0.15, 0.2) is 88.6 Å². The first kappa shape index (κ1) is 33.5. The van der Waals surface area contributed by atoms with Crippen molar-refractivity contribution in [1.29, 1.82) is 0 Å². The molecule has 1 saturated heterocycles. The first-order chi connectivity index (χ1) is 24.3. The molecule has 0 bridgehead atoms. The van der Waals surface area contributed by atoms with Gasteiger partial charge in [-0.2, -0.15) is 0 Å². The van der Waals surface area contributed by atoms with Crippen LogP contribution in [0, 0.1) is 0 Å². The van der Waals surface area contributed by atoms with Crippen LogP contribution in [0.4, 0.5) is 0 Å². The Bertz CT molecular complexity index is 2290. The Hall–Kier alpha value is -6.03. The number of aliphatic hydroxyl groups excluding tert-OH is 4. The average Bonchev–Trinajstić information content (AvgIpc) is 3.08. The van der Waals surface area contributed by atoms with Gasteiger partial charge >= 0.3 is 0 Å². The third-order valence-electron chi connectivity index (χ3n) is 8.66. The summed E-state index contributed by atoms with van der Waals surface area (Å²) in [5.74, 6) is -1.59. The van der Waals surface area contributed by atoms with E-state index in [1.165, 1.54) is 36.4 Å². The van der Waals surface area contributed by atoms with Crippen molar-refractivity contribution in [2.75, 3.05) is 6.61 Å². The Morgan fingerprint density at radius 3 is 2.18 bits per heavy atom. The van der Waals surface area contributed by atoms with Gasteiger partial charge in [0.15, 0.2) is 11.2 Å². The molecule has 4 aromatic carbocycles. The molecule has 14 heteroatoms. The number of rotatable bonds is 6. The summed E-state index contributed by atoms with van der Waals surface area (Å²) in [5.41, 5.74) is 0.417. The largest absolute Gasteiger partial charge is 0.508 e. The molecule has 2 aliphatic rings. The Morgan fingerprint density at radius 2 is 1.45 bits per heavy atom. The Balaban J connectivity index is 1.29. The van der Waals surface area contributed by atoms with Crippen LogP contribution >= 0.6 is 0 Å². The van der Waals surface area contributed by atoms with Gasteiger partial charge in [-0.15, -0.1) is 0 Å². The molecule has 5 aromatic rings. The molecule has 1 aromatic heterocycles. The molecule has 0 unspecified atom stereocenters. The topological polar surface area (TPSA) is 240 Å². The molecule has 5 atom stereocenters. The van der Waals surface area contributed by atoms with Crippen LogP contribution in [0.5, 0.6) is 40.2 Å². The number of benzene rings is 4. The molecule has 3 heterocycles. The van der Waals surface area contributed by atoms with Crippen LogP contribution in [-0.2, 0) is 4.74 Å². The predicted molar refractivity (Wildman–Crippen MR) is 180 cm³/mol. The number of phenolic OH excluding ortho intramolecular Hbond substituents is 5. The van der Waals surface area contributed by atoms with Crippen LogP contribution in [0.2, 0.25) is 0 Å². The average molecular weight is 699 g/mol. The number of allylic oxidation sites excluding steroid dienone is 2. The fraction of sp³-hybridized carbons (Fsp3) is 0.162. The van der Waals surface area contributed by atoms with E-state index in [0.717, 1.165) is 18.2 Å². The Labute approximate surface area is 287 Å². The lowest BCUT2D eigenvalue weighted by molar-refractivity contribution is -0.277. The van der Waals surface area contributed by atoms with Crippen molar-refractivity contribution in [3.8, 4) is 62.7 Å². The van der Waals surface area contributed by atoms with Crippen LogP contribution in [-0.4, -0.2) is 83.3 Å². The van der Waals surface area contributed by atoms with E-state index in [1.54, 1.807) is 18.2 Å². The summed E-state index contributed by atoms with van der Waals surface area (Å²) >= 11 is 0. The zero-order valence-corrected chi connectivity index (χ0v) is 26.3. The van der Waals surface area contributed by atoms with Gasteiger partial charge in [0.2, 0.25) is 6.29 Å². The van der Waals surface area contributed by atoms with Crippen LogP contribution in [0.3, 0.4) is 0 Å². The quantitative estimate of drug-likeness (QED) is 0.124. The van der Waals surface area contributed by atoms with E-state index in [2.05, 4.69) is 6.58 Å². The van der Waals surface area contributed by atoms with Crippen LogP contribution < -0.4 is 14.9 Å². The highest BCUT2D eigenvalue weighted by Crippen LogP contribution is 2.53. The van der Waals surface area contributed by atoms with Crippen LogP contribution in [0.25, 0.3) is 44.8 Å². The third kappa shape index (κ3) is 5.86. The van der Waals surface area contributed by atoms with Crippen molar-refractivity contribution < 1.29 is 64.6 Å². The standard InChI is InChI=1S/C37H30O14/c1-15-8-26(16-2-5-18(39)6-3-16)50-36-30(15)23(42)12-24(43)31(36)20-9-17(4-7-21(20)40)27-13-25(44)32-22(41)10-19(11-28(32)49-27)48-37-35(47)34(46)33(45)29(14-38)51-37/h2-13,29,33-35,37-43,45-47H,1,14H2/t29-,33-,34+,35-,37-/m1/s1. The lowest BCUT2D eigenvalue weighted by Gasteiger charge is -2.39. The molecule has 0 amide bonds. The van der Waals surface area contributed by atoms with E-state index in [0.29, 0.717) is 11.1 Å². The van der Waals surface area contributed by atoms with Crippen molar-refractivity contribution in [1.82, 2.24) is 0 Å².